The topological polar surface area (TPSA) is 44.5 Å². The Balaban J connectivity index is 2.38. The summed E-state index contributed by atoms with van der Waals surface area (Å²) in [7, 11) is 5.29. The first kappa shape index (κ1) is 7.06. The van der Waals surface area contributed by atoms with E-state index in [1.54, 1.807) is 0 Å². The first-order valence-corrected chi connectivity index (χ1v) is 3.00. The van der Waals surface area contributed by atoms with E-state index in [4.69, 9.17) is 23.1 Å². The van der Waals surface area contributed by atoms with E-state index in [1.807, 2.05) is 6.92 Å². The van der Waals surface area contributed by atoms with E-state index in [9.17, 15) is 0 Å². The average molecular weight is 127 g/mol. The monoisotopic (exact) mass is 127 g/mol. The van der Waals surface area contributed by atoms with Crippen LogP contribution in [0.1, 0.15) is 6.92 Å². The quantitative estimate of drug-likeness (QED) is 0.469. The summed E-state index contributed by atoms with van der Waals surface area (Å²) in [6.45, 7) is 2.36. The van der Waals surface area contributed by atoms with E-state index in [-0.39, 0.29) is 12.2 Å². The van der Waals surface area contributed by atoms with Gasteiger partial charge in [-0.15, -0.1) is 0 Å². The van der Waals surface area contributed by atoms with Crippen molar-refractivity contribution in [2.45, 2.75) is 25.3 Å². The fourth-order valence-corrected chi connectivity index (χ4v) is 0.861. The van der Waals surface area contributed by atoms with Crippen molar-refractivity contribution in [3.63, 3.8) is 0 Å². The van der Waals surface area contributed by atoms with Gasteiger partial charge in [0.1, 0.15) is 14.0 Å². The second-order valence-electron chi connectivity index (χ2n) is 2.12. The van der Waals surface area contributed by atoms with Crippen LogP contribution in [-0.2, 0) is 9.47 Å². The molecule has 0 bridgehead atoms. The van der Waals surface area contributed by atoms with Gasteiger partial charge in [0.25, 0.3) is 0 Å². The third-order valence-electron chi connectivity index (χ3n) is 1.41. The Morgan fingerprint density at radius 1 is 1.56 bits per heavy atom. The maximum absolute atomic E-state index is 5.33. The summed E-state index contributed by atoms with van der Waals surface area (Å²) in [5, 5.41) is 0. The molecule has 0 aromatic heterocycles. The standard InChI is InChI=1S/C5H10BNO2/c1-3-4(2-7)9-5(6)8-3/h3-5H,2,7H2,1H3. The number of rotatable bonds is 1. The van der Waals surface area contributed by atoms with Gasteiger partial charge in [0.15, 0.2) is 0 Å². The van der Waals surface area contributed by atoms with Crippen molar-refractivity contribution in [1.82, 2.24) is 0 Å². The molecule has 4 heteroatoms. The number of hydrogen-bond donors (Lipinski definition) is 1. The highest BCUT2D eigenvalue weighted by Gasteiger charge is 2.28. The predicted molar refractivity (Wildman–Crippen MR) is 34.0 cm³/mol. The minimum Gasteiger partial charge on any atom is -0.357 e. The molecule has 0 aliphatic carbocycles. The number of hydrogen-bond acceptors (Lipinski definition) is 3. The van der Waals surface area contributed by atoms with E-state index < -0.39 is 6.19 Å². The van der Waals surface area contributed by atoms with Gasteiger partial charge in [-0.3, -0.25) is 0 Å². The highest BCUT2D eigenvalue weighted by molar-refractivity contribution is 6.10. The SMILES string of the molecule is [B]C1OC(C)C(CN)O1. The molecule has 50 valence electrons. The van der Waals surface area contributed by atoms with Crippen molar-refractivity contribution < 1.29 is 9.47 Å². The van der Waals surface area contributed by atoms with Crippen LogP contribution in [0.5, 0.6) is 0 Å². The summed E-state index contributed by atoms with van der Waals surface area (Å²) < 4.78 is 10.1. The molecular weight excluding hydrogens is 117 g/mol. The Bertz CT molecular complexity index is 101. The Hall–Kier alpha value is -0.0551. The van der Waals surface area contributed by atoms with Gasteiger partial charge >= 0.3 is 0 Å². The maximum Gasteiger partial charge on any atom is 0.149 e. The second-order valence-corrected chi connectivity index (χ2v) is 2.12. The van der Waals surface area contributed by atoms with Gasteiger partial charge in [-0.05, 0) is 6.92 Å². The molecule has 3 nitrogen and oxygen atoms in total. The molecule has 1 rings (SSSR count). The Morgan fingerprint density at radius 2 is 2.22 bits per heavy atom. The van der Waals surface area contributed by atoms with Crippen molar-refractivity contribution in [2.75, 3.05) is 6.54 Å². The van der Waals surface area contributed by atoms with E-state index in [0.29, 0.717) is 6.54 Å². The van der Waals surface area contributed by atoms with Gasteiger partial charge in [-0.2, -0.15) is 0 Å². The normalized spacial score (nSPS) is 43.6. The zero-order valence-corrected chi connectivity index (χ0v) is 5.41. The molecule has 1 fully saturated rings. The molecule has 0 aromatic rings. The van der Waals surface area contributed by atoms with Crippen LogP contribution in [0.2, 0.25) is 0 Å². The fourth-order valence-electron chi connectivity index (χ4n) is 0.861. The first-order valence-electron chi connectivity index (χ1n) is 3.00. The molecule has 2 radical (unpaired) electrons. The molecule has 3 atom stereocenters. The van der Waals surface area contributed by atoms with Gasteiger partial charge in [0.2, 0.25) is 0 Å². The molecular formula is C5H10BNO2. The van der Waals surface area contributed by atoms with Gasteiger partial charge in [0, 0.05) is 6.54 Å². The summed E-state index contributed by atoms with van der Waals surface area (Å²) in [6.07, 6.45) is -0.571. The van der Waals surface area contributed by atoms with E-state index in [0.717, 1.165) is 0 Å². The van der Waals surface area contributed by atoms with E-state index in [1.165, 1.54) is 0 Å². The summed E-state index contributed by atoms with van der Waals surface area (Å²) >= 11 is 0. The fraction of sp³-hybridized carbons (Fsp3) is 1.00. The second kappa shape index (κ2) is 2.69. The molecule has 2 N–H and O–H groups in total. The van der Waals surface area contributed by atoms with Gasteiger partial charge in [-0.1, -0.05) is 0 Å². The smallest absolute Gasteiger partial charge is 0.149 e. The predicted octanol–water partition coefficient (Wildman–Crippen LogP) is -0.799. The van der Waals surface area contributed by atoms with Crippen LogP contribution in [0, 0.1) is 0 Å². The van der Waals surface area contributed by atoms with Crippen molar-refractivity contribution in [2.24, 2.45) is 5.73 Å². The molecule has 9 heavy (non-hydrogen) atoms. The van der Waals surface area contributed by atoms with Crippen LogP contribution >= 0.6 is 0 Å². The van der Waals surface area contributed by atoms with Crippen molar-refractivity contribution in [3.8, 4) is 0 Å². The average Bonchev–Trinajstić information content (AvgIpc) is 2.10. The van der Waals surface area contributed by atoms with Gasteiger partial charge in [-0.25, -0.2) is 0 Å². The van der Waals surface area contributed by atoms with Crippen molar-refractivity contribution in [1.29, 1.82) is 0 Å². The van der Waals surface area contributed by atoms with Crippen LogP contribution in [0.4, 0.5) is 0 Å². The lowest BCUT2D eigenvalue weighted by molar-refractivity contribution is 0.00172. The minimum absolute atomic E-state index is 0.0278. The molecule has 0 aromatic carbocycles. The van der Waals surface area contributed by atoms with E-state index >= 15 is 0 Å². The lowest BCUT2D eigenvalue weighted by Crippen LogP contribution is -2.28. The Labute approximate surface area is 55.9 Å². The third-order valence-corrected chi connectivity index (χ3v) is 1.41. The molecule has 1 heterocycles. The highest BCUT2D eigenvalue weighted by Crippen LogP contribution is 2.14. The first-order chi connectivity index (χ1) is 4.24. The van der Waals surface area contributed by atoms with Crippen LogP contribution in [-0.4, -0.2) is 32.8 Å². The summed E-state index contributed by atoms with van der Waals surface area (Å²) in [4.78, 5) is 0. The van der Waals surface area contributed by atoms with Crippen LogP contribution < -0.4 is 5.73 Å². The summed E-state index contributed by atoms with van der Waals surface area (Å²) in [5.41, 5.74) is 5.33. The molecule has 1 aliphatic heterocycles. The summed E-state index contributed by atoms with van der Waals surface area (Å²) in [5.74, 6) is 0. The van der Waals surface area contributed by atoms with E-state index in [2.05, 4.69) is 0 Å². The number of nitrogens with two attached hydrogens (primary N) is 1. The van der Waals surface area contributed by atoms with Crippen LogP contribution in [0.25, 0.3) is 0 Å². The van der Waals surface area contributed by atoms with Crippen molar-refractivity contribution in [3.05, 3.63) is 0 Å². The molecule has 0 spiro atoms. The Kier molecular flexibility index (Phi) is 2.11. The molecule has 0 saturated carbocycles. The van der Waals surface area contributed by atoms with Crippen LogP contribution in [0.3, 0.4) is 0 Å². The van der Waals surface area contributed by atoms with Gasteiger partial charge in [0.05, 0.1) is 12.2 Å². The molecule has 0 amide bonds. The number of ether oxygens (including phenoxy) is 2. The minimum atomic E-state index is -0.575. The summed E-state index contributed by atoms with van der Waals surface area (Å²) in [6, 6.07) is 0. The molecule has 1 aliphatic rings. The molecule has 3 unspecified atom stereocenters. The zero-order chi connectivity index (χ0) is 6.85. The zero-order valence-electron chi connectivity index (χ0n) is 5.41. The van der Waals surface area contributed by atoms with Crippen LogP contribution in [0.15, 0.2) is 0 Å². The lowest BCUT2D eigenvalue weighted by Gasteiger charge is -2.07. The van der Waals surface area contributed by atoms with Crippen molar-refractivity contribution >= 4 is 7.85 Å². The maximum atomic E-state index is 5.33. The Morgan fingerprint density at radius 3 is 2.44 bits per heavy atom. The highest BCUT2D eigenvalue weighted by atomic mass is 16.7. The largest absolute Gasteiger partial charge is 0.357 e. The third kappa shape index (κ3) is 1.44. The van der Waals surface area contributed by atoms with Gasteiger partial charge < -0.3 is 15.2 Å². The lowest BCUT2D eigenvalue weighted by atomic mass is 10.1. The molecule has 1 saturated heterocycles.